The third-order valence-corrected chi connectivity index (χ3v) is 3.72. The fourth-order valence-corrected chi connectivity index (χ4v) is 2.84. The summed E-state index contributed by atoms with van der Waals surface area (Å²) in [6.45, 7) is 6.40. The summed E-state index contributed by atoms with van der Waals surface area (Å²) in [7, 11) is 3.20. The summed E-state index contributed by atoms with van der Waals surface area (Å²) in [6.07, 6.45) is -0.153. The van der Waals surface area contributed by atoms with Crippen LogP contribution in [0.5, 0.6) is 11.5 Å². The monoisotopic (exact) mass is 295 g/mol. The van der Waals surface area contributed by atoms with E-state index < -0.39 is 6.10 Å². The van der Waals surface area contributed by atoms with Crippen molar-refractivity contribution >= 4 is 0 Å². The van der Waals surface area contributed by atoms with Gasteiger partial charge in [-0.15, -0.1) is 0 Å². The van der Waals surface area contributed by atoms with Crippen LogP contribution in [0.4, 0.5) is 0 Å². The van der Waals surface area contributed by atoms with Crippen molar-refractivity contribution in [3.8, 4) is 11.5 Å². The number of β-amino-alcohol motifs (C(OH)–C–C–N with tert-alkyl or cyclic N) is 1. The summed E-state index contributed by atoms with van der Waals surface area (Å²) in [5.41, 5.74) is 0.833. The largest absolute Gasteiger partial charge is 0.493 e. The van der Waals surface area contributed by atoms with Gasteiger partial charge in [0.05, 0.1) is 32.5 Å². The Labute approximate surface area is 126 Å². The van der Waals surface area contributed by atoms with E-state index in [9.17, 15) is 5.11 Å². The molecule has 1 saturated heterocycles. The SMILES string of the molecule is COc1ccc(C(O)CN2C[C@@H](C)O[C@@H](C)C2)cc1OC. The Morgan fingerprint density at radius 1 is 1.19 bits per heavy atom. The average Bonchev–Trinajstić information content (AvgIpc) is 2.45. The number of ether oxygens (including phenoxy) is 3. The van der Waals surface area contributed by atoms with Gasteiger partial charge in [-0.25, -0.2) is 0 Å². The minimum Gasteiger partial charge on any atom is -0.493 e. The highest BCUT2D eigenvalue weighted by atomic mass is 16.5. The number of morpholine rings is 1. The van der Waals surface area contributed by atoms with Crippen LogP contribution < -0.4 is 9.47 Å². The second-order valence-corrected chi connectivity index (χ2v) is 5.61. The van der Waals surface area contributed by atoms with Gasteiger partial charge < -0.3 is 19.3 Å². The molecule has 1 N–H and O–H groups in total. The molecule has 1 aromatic rings. The smallest absolute Gasteiger partial charge is 0.161 e. The minimum absolute atomic E-state index is 0.200. The molecule has 0 saturated carbocycles. The van der Waals surface area contributed by atoms with Crippen LogP contribution in [0.3, 0.4) is 0 Å². The number of hydrogen-bond donors (Lipinski definition) is 1. The van der Waals surface area contributed by atoms with Gasteiger partial charge in [0.2, 0.25) is 0 Å². The lowest BCUT2D eigenvalue weighted by Gasteiger charge is -2.36. The molecule has 3 atom stereocenters. The highest BCUT2D eigenvalue weighted by molar-refractivity contribution is 5.43. The van der Waals surface area contributed by atoms with Crippen LogP contribution in [0.15, 0.2) is 18.2 Å². The van der Waals surface area contributed by atoms with E-state index in [-0.39, 0.29) is 12.2 Å². The van der Waals surface area contributed by atoms with Gasteiger partial charge in [-0.2, -0.15) is 0 Å². The van der Waals surface area contributed by atoms with Crippen LogP contribution in [-0.4, -0.2) is 56.1 Å². The van der Waals surface area contributed by atoms with Gasteiger partial charge in [0, 0.05) is 19.6 Å². The van der Waals surface area contributed by atoms with E-state index in [0.29, 0.717) is 18.0 Å². The molecule has 1 aliphatic rings. The van der Waals surface area contributed by atoms with Crippen molar-refractivity contribution in [2.75, 3.05) is 33.9 Å². The van der Waals surface area contributed by atoms with Gasteiger partial charge in [0.15, 0.2) is 11.5 Å². The number of aliphatic hydroxyl groups excluding tert-OH is 1. The number of methoxy groups -OCH3 is 2. The molecule has 1 aromatic carbocycles. The van der Waals surface area contributed by atoms with E-state index in [4.69, 9.17) is 14.2 Å². The van der Waals surface area contributed by atoms with Gasteiger partial charge in [-0.3, -0.25) is 4.90 Å². The maximum absolute atomic E-state index is 10.4. The summed E-state index contributed by atoms with van der Waals surface area (Å²) in [6, 6.07) is 5.53. The molecule has 1 fully saturated rings. The molecule has 0 bridgehead atoms. The first-order valence-corrected chi connectivity index (χ1v) is 7.31. The van der Waals surface area contributed by atoms with E-state index in [2.05, 4.69) is 18.7 Å². The zero-order valence-corrected chi connectivity index (χ0v) is 13.2. The third kappa shape index (κ3) is 4.09. The maximum Gasteiger partial charge on any atom is 0.161 e. The normalized spacial score (nSPS) is 24.6. The van der Waals surface area contributed by atoms with E-state index in [1.54, 1.807) is 14.2 Å². The predicted molar refractivity (Wildman–Crippen MR) is 81.0 cm³/mol. The van der Waals surface area contributed by atoms with E-state index in [1.165, 1.54) is 0 Å². The van der Waals surface area contributed by atoms with Crippen molar-refractivity contribution in [3.63, 3.8) is 0 Å². The topological polar surface area (TPSA) is 51.2 Å². The standard InChI is InChI=1S/C16H25NO4/c1-11-8-17(9-12(2)21-11)10-14(18)13-5-6-15(19-3)16(7-13)20-4/h5-7,11-12,14,18H,8-10H2,1-4H3/t11-,12+,14?. The first kappa shape index (κ1) is 16.1. The first-order chi connectivity index (χ1) is 10.0. The van der Waals surface area contributed by atoms with Crippen molar-refractivity contribution in [3.05, 3.63) is 23.8 Å². The summed E-state index contributed by atoms with van der Waals surface area (Å²) in [5.74, 6) is 1.31. The molecule has 0 amide bonds. The van der Waals surface area contributed by atoms with Crippen LogP contribution in [0.2, 0.25) is 0 Å². The molecule has 5 heteroatoms. The molecule has 5 nitrogen and oxygen atoms in total. The lowest BCUT2D eigenvalue weighted by Crippen LogP contribution is -2.46. The molecular weight excluding hydrogens is 270 g/mol. The zero-order valence-electron chi connectivity index (χ0n) is 13.2. The molecule has 1 heterocycles. The summed E-state index contributed by atoms with van der Waals surface area (Å²) in [4.78, 5) is 2.24. The Morgan fingerprint density at radius 2 is 1.81 bits per heavy atom. The zero-order chi connectivity index (χ0) is 15.4. The highest BCUT2D eigenvalue weighted by Crippen LogP contribution is 2.30. The van der Waals surface area contributed by atoms with Crippen LogP contribution >= 0.6 is 0 Å². The van der Waals surface area contributed by atoms with Gasteiger partial charge in [0.1, 0.15) is 0 Å². The third-order valence-electron chi connectivity index (χ3n) is 3.72. The van der Waals surface area contributed by atoms with Crippen molar-refractivity contribution in [2.24, 2.45) is 0 Å². The van der Waals surface area contributed by atoms with E-state index in [1.807, 2.05) is 18.2 Å². The lowest BCUT2D eigenvalue weighted by atomic mass is 10.1. The highest BCUT2D eigenvalue weighted by Gasteiger charge is 2.24. The van der Waals surface area contributed by atoms with Crippen LogP contribution in [0.25, 0.3) is 0 Å². The number of aliphatic hydroxyl groups is 1. The van der Waals surface area contributed by atoms with E-state index in [0.717, 1.165) is 18.7 Å². The van der Waals surface area contributed by atoms with Crippen LogP contribution in [0, 0.1) is 0 Å². The number of rotatable bonds is 5. The number of benzene rings is 1. The molecule has 0 aliphatic carbocycles. The second-order valence-electron chi connectivity index (χ2n) is 5.61. The molecule has 118 valence electrons. The van der Waals surface area contributed by atoms with Crippen LogP contribution in [-0.2, 0) is 4.74 Å². The first-order valence-electron chi connectivity index (χ1n) is 7.31. The molecule has 0 spiro atoms. The molecule has 21 heavy (non-hydrogen) atoms. The fraction of sp³-hybridized carbons (Fsp3) is 0.625. The Morgan fingerprint density at radius 3 is 2.38 bits per heavy atom. The molecule has 2 rings (SSSR count). The summed E-state index contributed by atoms with van der Waals surface area (Å²) < 4.78 is 16.2. The number of nitrogens with zero attached hydrogens (tertiary/aromatic N) is 1. The minimum atomic E-state index is -0.553. The van der Waals surface area contributed by atoms with Crippen molar-refractivity contribution < 1.29 is 19.3 Å². The van der Waals surface area contributed by atoms with Gasteiger partial charge in [-0.1, -0.05) is 6.07 Å². The molecule has 1 unspecified atom stereocenters. The fourth-order valence-electron chi connectivity index (χ4n) is 2.84. The van der Waals surface area contributed by atoms with Crippen molar-refractivity contribution in [1.29, 1.82) is 0 Å². The Kier molecular flexibility index (Phi) is 5.45. The number of hydrogen-bond acceptors (Lipinski definition) is 5. The average molecular weight is 295 g/mol. The van der Waals surface area contributed by atoms with Gasteiger partial charge in [0.25, 0.3) is 0 Å². The molecule has 1 aliphatic heterocycles. The Balaban J connectivity index is 2.04. The van der Waals surface area contributed by atoms with Crippen molar-refractivity contribution in [1.82, 2.24) is 4.90 Å². The molecule has 0 aromatic heterocycles. The van der Waals surface area contributed by atoms with Gasteiger partial charge >= 0.3 is 0 Å². The quantitative estimate of drug-likeness (QED) is 0.898. The predicted octanol–water partition coefficient (Wildman–Crippen LogP) is 1.85. The summed E-state index contributed by atoms with van der Waals surface area (Å²) in [5, 5.41) is 10.4. The van der Waals surface area contributed by atoms with Crippen molar-refractivity contribution in [2.45, 2.75) is 32.2 Å². The lowest BCUT2D eigenvalue weighted by molar-refractivity contribution is -0.0767. The summed E-state index contributed by atoms with van der Waals surface area (Å²) >= 11 is 0. The maximum atomic E-state index is 10.4. The van der Waals surface area contributed by atoms with Gasteiger partial charge in [-0.05, 0) is 31.5 Å². The Hall–Kier alpha value is -1.30. The second kappa shape index (κ2) is 7.11. The van der Waals surface area contributed by atoms with Crippen LogP contribution in [0.1, 0.15) is 25.5 Å². The molecule has 0 radical (unpaired) electrons. The van der Waals surface area contributed by atoms with E-state index >= 15 is 0 Å². The molecular formula is C16H25NO4. The Bertz CT molecular complexity index is 456.